The number of halogens is 3. The molecule has 0 spiro atoms. The Morgan fingerprint density at radius 1 is 1.12 bits per heavy atom. The van der Waals surface area contributed by atoms with E-state index in [1.165, 1.54) is 18.2 Å². The molecule has 8 heteroatoms. The first kappa shape index (κ1) is 24.8. The van der Waals surface area contributed by atoms with Crippen LogP contribution < -0.4 is 11.5 Å². The third kappa shape index (κ3) is 7.10. The van der Waals surface area contributed by atoms with Crippen molar-refractivity contribution >= 4 is 27.5 Å². The third-order valence-corrected chi connectivity index (χ3v) is 6.84. The van der Waals surface area contributed by atoms with Crippen LogP contribution in [0.25, 0.3) is 0 Å². The summed E-state index contributed by atoms with van der Waals surface area (Å²) in [6.45, 7) is 0.540. The molecule has 0 bridgehead atoms. The predicted octanol–water partition coefficient (Wildman–Crippen LogP) is 5.23. The van der Waals surface area contributed by atoms with Crippen LogP contribution in [-0.4, -0.2) is 37.4 Å². The Morgan fingerprint density at radius 3 is 2.50 bits per heavy atom. The van der Waals surface area contributed by atoms with E-state index in [0.29, 0.717) is 24.8 Å². The van der Waals surface area contributed by atoms with E-state index in [0.717, 1.165) is 43.0 Å². The second-order valence-electron chi connectivity index (χ2n) is 8.55. The number of nitrogens with two attached hydrogens (primary N) is 2. The molecule has 1 aliphatic carbocycles. The van der Waals surface area contributed by atoms with Gasteiger partial charge in [0.2, 0.25) is 0 Å². The van der Waals surface area contributed by atoms with Gasteiger partial charge in [0, 0.05) is 28.8 Å². The Hall–Kier alpha value is -1.80. The summed E-state index contributed by atoms with van der Waals surface area (Å²) in [5.74, 6) is 1.05. The standard InChI is InChI=1S/C24H33BrF2N4O/c25-19-10-8-16(9-11-19)13-17-5-1-2-6-20(17)24(29)30-15-18(14-28)22(23(26)27)31-21-7-3-4-12-32-21/h8-11,14,17,20-21,23H,1-7,12-13,15,28H2,(H2,29,30)/t17-,20+,21?/m0/s1. The summed E-state index contributed by atoms with van der Waals surface area (Å²) in [5.41, 5.74) is 13.2. The van der Waals surface area contributed by atoms with Gasteiger partial charge in [-0.1, -0.05) is 40.9 Å². The lowest BCUT2D eigenvalue weighted by atomic mass is 9.75. The zero-order valence-corrected chi connectivity index (χ0v) is 19.9. The fourth-order valence-electron chi connectivity index (χ4n) is 4.54. The molecule has 0 aromatic heterocycles. The van der Waals surface area contributed by atoms with Gasteiger partial charge in [0.15, 0.2) is 0 Å². The van der Waals surface area contributed by atoms with Crippen molar-refractivity contribution in [1.82, 2.24) is 0 Å². The van der Waals surface area contributed by atoms with Crippen LogP contribution in [0.4, 0.5) is 8.78 Å². The number of nitrogens with zero attached hydrogens (tertiary/aromatic N) is 2. The molecule has 176 valence electrons. The smallest absolute Gasteiger partial charge is 0.280 e. The normalized spacial score (nSPS) is 25.9. The molecule has 3 rings (SSSR count). The van der Waals surface area contributed by atoms with Crippen molar-refractivity contribution in [2.75, 3.05) is 13.2 Å². The monoisotopic (exact) mass is 510 g/mol. The summed E-state index contributed by atoms with van der Waals surface area (Å²) >= 11 is 3.47. The van der Waals surface area contributed by atoms with Crippen LogP contribution in [0.3, 0.4) is 0 Å². The van der Waals surface area contributed by atoms with Gasteiger partial charge in [-0.25, -0.2) is 8.78 Å². The summed E-state index contributed by atoms with van der Waals surface area (Å²) in [5, 5.41) is 0. The average molecular weight is 511 g/mol. The van der Waals surface area contributed by atoms with Crippen LogP contribution in [0.15, 0.2) is 50.5 Å². The van der Waals surface area contributed by atoms with E-state index >= 15 is 0 Å². The molecular formula is C24H33BrF2N4O. The number of amidine groups is 1. The van der Waals surface area contributed by atoms with Crippen LogP contribution in [0.5, 0.6) is 0 Å². The van der Waals surface area contributed by atoms with E-state index in [-0.39, 0.29) is 23.7 Å². The van der Waals surface area contributed by atoms with Crippen molar-refractivity contribution in [3.05, 3.63) is 46.1 Å². The predicted molar refractivity (Wildman–Crippen MR) is 129 cm³/mol. The number of alkyl halides is 2. The second kappa shape index (κ2) is 12.4. The number of ether oxygens (including phenoxy) is 1. The average Bonchev–Trinajstić information content (AvgIpc) is 2.81. The first-order valence-electron chi connectivity index (χ1n) is 11.4. The zero-order chi connectivity index (χ0) is 22.9. The molecular weight excluding hydrogens is 478 g/mol. The Kier molecular flexibility index (Phi) is 9.66. The van der Waals surface area contributed by atoms with Gasteiger partial charge < -0.3 is 16.2 Å². The molecule has 4 N–H and O–H groups in total. The minimum Gasteiger partial charge on any atom is -0.404 e. The molecule has 1 saturated heterocycles. The number of aliphatic imine (C=N–C) groups is 2. The largest absolute Gasteiger partial charge is 0.404 e. The van der Waals surface area contributed by atoms with Crippen molar-refractivity contribution in [1.29, 1.82) is 0 Å². The summed E-state index contributed by atoms with van der Waals surface area (Å²) in [6.07, 6.45) is 5.61. The SMILES string of the molecule is NC=C(CN=C(N)[C@@H]1CCCC[C@H]1Cc1ccc(Br)cc1)C(=NC1CCCCO1)C(F)F. The highest BCUT2D eigenvalue weighted by atomic mass is 79.9. The number of benzene rings is 1. The molecule has 5 nitrogen and oxygen atoms in total. The van der Waals surface area contributed by atoms with Gasteiger partial charge in [0.25, 0.3) is 6.43 Å². The van der Waals surface area contributed by atoms with E-state index < -0.39 is 12.7 Å². The molecule has 1 aromatic carbocycles. The molecule has 0 amide bonds. The number of rotatable bonds is 8. The minimum atomic E-state index is -2.74. The highest BCUT2D eigenvalue weighted by molar-refractivity contribution is 9.10. The van der Waals surface area contributed by atoms with Gasteiger partial charge in [-0.3, -0.25) is 9.98 Å². The van der Waals surface area contributed by atoms with Gasteiger partial charge in [-0.2, -0.15) is 0 Å². The van der Waals surface area contributed by atoms with E-state index in [4.69, 9.17) is 16.2 Å². The van der Waals surface area contributed by atoms with Crippen molar-refractivity contribution in [2.24, 2.45) is 33.3 Å². The third-order valence-electron chi connectivity index (χ3n) is 6.31. The van der Waals surface area contributed by atoms with E-state index in [1.54, 1.807) is 0 Å². The maximum atomic E-state index is 13.7. The zero-order valence-electron chi connectivity index (χ0n) is 18.4. The maximum absolute atomic E-state index is 13.7. The van der Waals surface area contributed by atoms with Crippen molar-refractivity contribution in [3.8, 4) is 0 Å². The lowest BCUT2D eigenvalue weighted by molar-refractivity contribution is 0.0214. The molecule has 1 saturated carbocycles. The van der Waals surface area contributed by atoms with Gasteiger partial charge in [0.05, 0.1) is 12.4 Å². The summed E-state index contributed by atoms with van der Waals surface area (Å²) < 4.78 is 34.0. The van der Waals surface area contributed by atoms with Crippen LogP contribution >= 0.6 is 15.9 Å². The molecule has 1 aromatic rings. The van der Waals surface area contributed by atoms with E-state index in [9.17, 15) is 8.78 Å². The maximum Gasteiger partial charge on any atom is 0.280 e. The van der Waals surface area contributed by atoms with Crippen molar-refractivity contribution in [2.45, 2.75) is 64.0 Å². The molecule has 3 atom stereocenters. The van der Waals surface area contributed by atoms with Crippen LogP contribution in [0.2, 0.25) is 0 Å². The molecule has 2 aliphatic rings. The summed E-state index contributed by atoms with van der Waals surface area (Å²) in [6, 6.07) is 8.34. The topological polar surface area (TPSA) is 86.0 Å². The first-order chi connectivity index (χ1) is 15.5. The van der Waals surface area contributed by atoms with Crippen molar-refractivity contribution in [3.63, 3.8) is 0 Å². The first-order valence-corrected chi connectivity index (χ1v) is 12.2. The molecule has 1 aliphatic heterocycles. The Bertz CT molecular complexity index is 820. The van der Waals surface area contributed by atoms with Gasteiger partial charge in [0.1, 0.15) is 11.9 Å². The highest BCUT2D eigenvalue weighted by Gasteiger charge is 2.28. The highest BCUT2D eigenvalue weighted by Crippen LogP contribution is 2.33. The minimum absolute atomic E-state index is 0.000267. The fraction of sp³-hybridized carbons (Fsp3) is 0.583. The second-order valence-corrected chi connectivity index (χ2v) is 9.47. The quantitative estimate of drug-likeness (QED) is 0.370. The molecule has 2 fully saturated rings. The molecule has 1 unspecified atom stereocenters. The summed E-state index contributed by atoms with van der Waals surface area (Å²) in [7, 11) is 0. The van der Waals surface area contributed by atoms with Crippen LogP contribution in [0, 0.1) is 11.8 Å². The lowest BCUT2D eigenvalue weighted by Crippen LogP contribution is -2.34. The van der Waals surface area contributed by atoms with E-state index in [2.05, 4.69) is 38.0 Å². The van der Waals surface area contributed by atoms with Crippen LogP contribution in [0.1, 0.15) is 50.5 Å². The van der Waals surface area contributed by atoms with Crippen LogP contribution in [-0.2, 0) is 11.2 Å². The van der Waals surface area contributed by atoms with Crippen molar-refractivity contribution < 1.29 is 13.5 Å². The Morgan fingerprint density at radius 2 is 1.84 bits per heavy atom. The van der Waals surface area contributed by atoms with Gasteiger partial charge in [-0.15, -0.1) is 0 Å². The summed E-state index contributed by atoms with van der Waals surface area (Å²) in [4.78, 5) is 8.66. The number of hydrogen-bond donors (Lipinski definition) is 2. The molecule has 32 heavy (non-hydrogen) atoms. The van der Waals surface area contributed by atoms with E-state index in [1.807, 2.05) is 12.1 Å². The lowest BCUT2D eigenvalue weighted by Gasteiger charge is -2.31. The number of hydrogen-bond acceptors (Lipinski definition) is 4. The van der Waals surface area contributed by atoms with Gasteiger partial charge in [-0.05, 0) is 62.1 Å². The fourth-order valence-corrected chi connectivity index (χ4v) is 4.80. The van der Waals surface area contributed by atoms with Gasteiger partial charge >= 0.3 is 0 Å². The Balaban J connectivity index is 1.70. The Labute approximate surface area is 197 Å². The molecule has 0 radical (unpaired) electrons. The molecule has 1 heterocycles.